The van der Waals surface area contributed by atoms with Gasteiger partial charge in [0.2, 0.25) is 0 Å². The van der Waals surface area contributed by atoms with Crippen molar-refractivity contribution in [2.24, 2.45) is 10.8 Å². The molecule has 0 fully saturated rings. The van der Waals surface area contributed by atoms with E-state index in [9.17, 15) is 17.6 Å². The molecule has 0 saturated carbocycles. The second-order valence-electron chi connectivity index (χ2n) is 3.05. The first-order chi connectivity index (χ1) is 8.23. The highest BCUT2D eigenvalue weighted by atomic mass is 79.9. The monoisotopic (exact) mass is 343 g/mol. The van der Waals surface area contributed by atoms with Crippen LogP contribution in [0.15, 0.2) is 21.7 Å². The zero-order chi connectivity index (χ0) is 13.9. The summed E-state index contributed by atoms with van der Waals surface area (Å²) in [7, 11) is 0. The first kappa shape index (κ1) is 14.8. The van der Waals surface area contributed by atoms with Gasteiger partial charge in [0, 0.05) is 5.56 Å². The van der Waals surface area contributed by atoms with Crippen molar-refractivity contribution in [3.63, 3.8) is 0 Å². The van der Waals surface area contributed by atoms with Gasteiger partial charge in [-0.2, -0.15) is 18.3 Å². The molecular formula is C9H6BrF4N3S. The van der Waals surface area contributed by atoms with Gasteiger partial charge in [-0.1, -0.05) is 0 Å². The molecule has 3 nitrogen and oxygen atoms in total. The van der Waals surface area contributed by atoms with Crippen LogP contribution in [0.2, 0.25) is 0 Å². The van der Waals surface area contributed by atoms with E-state index in [0.29, 0.717) is 6.21 Å². The molecule has 0 heterocycles. The molecule has 98 valence electrons. The Labute approximate surface area is 113 Å². The highest BCUT2D eigenvalue weighted by Gasteiger charge is 2.34. The second kappa shape index (κ2) is 5.61. The van der Waals surface area contributed by atoms with Crippen LogP contribution in [0.1, 0.15) is 11.1 Å². The van der Waals surface area contributed by atoms with Crippen LogP contribution in [-0.4, -0.2) is 11.3 Å². The van der Waals surface area contributed by atoms with E-state index in [-0.39, 0.29) is 9.59 Å². The zero-order valence-electron chi connectivity index (χ0n) is 8.55. The number of halogens is 5. The average Bonchev–Trinajstić information content (AvgIpc) is 2.22. The van der Waals surface area contributed by atoms with E-state index in [1.807, 2.05) is 5.43 Å². The molecule has 0 amide bonds. The summed E-state index contributed by atoms with van der Waals surface area (Å²) in [6.07, 6.45) is -4.02. The van der Waals surface area contributed by atoms with Crippen LogP contribution in [0.4, 0.5) is 17.6 Å². The third kappa shape index (κ3) is 3.64. The molecule has 0 atom stereocenters. The molecular weight excluding hydrogens is 338 g/mol. The molecule has 0 spiro atoms. The van der Waals surface area contributed by atoms with Crippen molar-refractivity contribution in [2.75, 3.05) is 0 Å². The van der Waals surface area contributed by atoms with Crippen molar-refractivity contribution in [1.82, 2.24) is 5.43 Å². The minimum Gasteiger partial charge on any atom is -0.375 e. The molecule has 0 aliphatic heterocycles. The molecule has 9 heteroatoms. The smallest absolute Gasteiger partial charge is 0.375 e. The highest BCUT2D eigenvalue weighted by molar-refractivity contribution is 9.10. The fraction of sp³-hybridized carbons (Fsp3) is 0.111. The van der Waals surface area contributed by atoms with Gasteiger partial charge in [0.1, 0.15) is 5.82 Å². The number of rotatable bonds is 2. The van der Waals surface area contributed by atoms with E-state index >= 15 is 0 Å². The lowest BCUT2D eigenvalue weighted by atomic mass is 10.1. The Bertz CT molecular complexity index is 501. The van der Waals surface area contributed by atoms with Crippen LogP contribution in [0.5, 0.6) is 0 Å². The second-order valence-corrected chi connectivity index (χ2v) is 4.35. The largest absolute Gasteiger partial charge is 0.417 e. The first-order valence-electron chi connectivity index (χ1n) is 4.37. The third-order valence-electron chi connectivity index (χ3n) is 1.81. The number of nitrogens with zero attached hydrogens (tertiary/aromatic N) is 1. The zero-order valence-corrected chi connectivity index (χ0v) is 11.0. The molecule has 1 aromatic rings. The van der Waals surface area contributed by atoms with E-state index in [0.717, 1.165) is 12.1 Å². The van der Waals surface area contributed by atoms with E-state index < -0.39 is 23.1 Å². The summed E-state index contributed by atoms with van der Waals surface area (Å²) in [6, 6.07) is 1.71. The maximum atomic E-state index is 13.6. The summed E-state index contributed by atoms with van der Waals surface area (Å²) in [6.45, 7) is 0. The molecule has 0 aromatic heterocycles. The Morgan fingerprint density at radius 2 is 2.06 bits per heavy atom. The van der Waals surface area contributed by atoms with Crippen molar-refractivity contribution >= 4 is 39.5 Å². The quantitative estimate of drug-likeness (QED) is 0.375. The van der Waals surface area contributed by atoms with Crippen LogP contribution < -0.4 is 11.2 Å². The predicted octanol–water partition coefficient (Wildman–Crippen LogP) is 2.77. The van der Waals surface area contributed by atoms with Crippen molar-refractivity contribution in [2.45, 2.75) is 6.18 Å². The van der Waals surface area contributed by atoms with Gasteiger partial charge in [0.25, 0.3) is 0 Å². The summed E-state index contributed by atoms with van der Waals surface area (Å²) in [4.78, 5) is 0. The van der Waals surface area contributed by atoms with Gasteiger partial charge in [-0.05, 0) is 40.3 Å². The van der Waals surface area contributed by atoms with Crippen molar-refractivity contribution in [3.8, 4) is 0 Å². The first-order valence-corrected chi connectivity index (χ1v) is 5.57. The van der Waals surface area contributed by atoms with Crippen molar-refractivity contribution < 1.29 is 17.6 Å². The summed E-state index contributed by atoms with van der Waals surface area (Å²) in [5.74, 6) is -1.07. The number of hydrogen-bond donors (Lipinski definition) is 2. The Kier molecular flexibility index (Phi) is 4.63. The Hall–Kier alpha value is -1.22. The molecule has 0 unspecified atom stereocenters. The Morgan fingerprint density at radius 3 is 2.56 bits per heavy atom. The van der Waals surface area contributed by atoms with Gasteiger partial charge in [-0.15, -0.1) is 0 Å². The number of benzene rings is 1. The average molecular weight is 344 g/mol. The van der Waals surface area contributed by atoms with Crippen LogP contribution in [0.25, 0.3) is 0 Å². The molecule has 0 aliphatic rings. The standard InChI is InChI=1S/C9H6BrF4N3S/c10-6-2-1-5(9(12,13)14)4(7(6)11)3-16-17-8(15)18/h1-3H,(H3,15,17,18). The van der Waals surface area contributed by atoms with Gasteiger partial charge in [-0.25, -0.2) is 4.39 Å². The summed E-state index contributed by atoms with van der Waals surface area (Å²) in [5, 5.41) is 3.07. The summed E-state index contributed by atoms with van der Waals surface area (Å²) < 4.78 is 51.4. The van der Waals surface area contributed by atoms with Gasteiger partial charge in [0.05, 0.1) is 16.3 Å². The topological polar surface area (TPSA) is 50.4 Å². The normalized spacial score (nSPS) is 11.8. The highest BCUT2D eigenvalue weighted by Crippen LogP contribution is 2.34. The van der Waals surface area contributed by atoms with E-state index in [1.165, 1.54) is 0 Å². The Morgan fingerprint density at radius 1 is 1.44 bits per heavy atom. The molecule has 18 heavy (non-hydrogen) atoms. The maximum Gasteiger partial charge on any atom is 0.417 e. The molecule has 0 radical (unpaired) electrons. The van der Waals surface area contributed by atoms with Crippen LogP contribution in [0, 0.1) is 5.82 Å². The summed E-state index contributed by atoms with van der Waals surface area (Å²) >= 11 is 7.20. The van der Waals surface area contributed by atoms with Gasteiger partial charge in [0.15, 0.2) is 5.11 Å². The van der Waals surface area contributed by atoms with Gasteiger partial charge < -0.3 is 5.73 Å². The number of alkyl halides is 3. The SMILES string of the molecule is NC(=S)NN=Cc1c(C(F)(F)F)ccc(Br)c1F. The number of hydrazone groups is 1. The fourth-order valence-corrected chi connectivity index (χ4v) is 1.50. The van der Waals surface area contributed by atoms with Crippen LogP contribution in [-0.2, 0) is 6.18 Å². The number of thiocarbonyl (C=S) groups is 1. The van der Waals surface area contributed by atoms with E-state index in [1.54, 1.807) is 0 Å². The molecule has 0 aliphatic carbocycles. The number of nitrogens with one attached hydrogen (secondary N) is 1. The van der Waals surface area contributed by atoms with E-state index in [4.69, 9.17) is 5.73 Å². The lowest BCUT2D eigenvalue weighted by Gasteiger charge is -2.11. The molecule has 1 aromatic carbocycles. The van der Waals surface area contributed by atoms with Crippen LogP contribution in [0.3, 0.4) is 0 Å². The lowest BCUT2D eigenvalue weighted by Crippen LogP contribution is -2.24. The lowest BCUT2D eigenvalue weighted by molar-refractivity contribution is -0.137. The molecule has 0 bridgehead atoms. The molecule has 1 rings (SSSR count). The van der Waals surface area contributed by atoms with Crippen molar-refractivity contribution in [1.29, 1.82) is 0 Å². The number of nitrogens with two attached hydrogens (primary N) is 1. The minimum absolute atomic E-state index is 0.104. The number of hydrogen-bond acceptors (Lipinski definition) is 2. The van der Waals surface area contributed by atoms with E-state index in [2.05, 4.69) is 33.2 Å². The summed E-state index contributed by atoms with van der Waals surface area (Å²) in [5.41, 5.74) is 5.23. The van der Waals surface area contributed by atoms with Gasteiger partial charge in [-0.3, -0.25) is 5.43 Å². The molecule has 3 N–H and O–H groups in total. The Balaban J connectivity index is 3.26. The van der Waals surface area contributed by atoms with Crippen LogP contribution >= 0.6 is 28.1 Å². The minimum atomic E-state index is -4.69. The fourth-order valence-electron chi connectivity index (χ4n) is 1.10. The predicted molar refractivity (Wildman–Crippen MR) is 66.6 cm³/mol. The maximum absolute atomic E-state index is 13.6. The van der Waals surface area contributed by atoms with Gasteiger partial charge >= 0.3 is 6.18 Å². The third-order valence-corrected chi connectivity index (χ3v) is 2.51. The molecule has 0 saturated heterocycles. The van der Waals surface area contributed by atoms with Crippen molar-refractivity contribution in [3.05, 3.63) is 33.5 Å².